The minimum atomic E-state index is 0.206. The molecule has 180 valence electrons. The molecule has 8 heteroatoms. The zero-order valence-electron chi connectivity index (χ0n) is 19.5. The minimum Gasteiger partial charge on any atom is -0.497 e. The summed E-state index contributed by atoms with van der Waals surface area (Å²) >= 11 is 3.62. The highest BCUT2D eigenvalue weighted by Gasteiger charge is 2.21. The molecule has 34 heavy (non-hydrogen) atoms. The summed E-state index contributed by atoms with van der Waals surface area (Å²) in [4.78, 5) is 9.13. The van der Waals surface area contributed by atoms with E-state index in [2.05, 4.69) is 36.5 Å². The van der Waals surface area contributed by atoms with Gasteiger partial charge in [-0.15, -0.1) is 0 Å². The number of methoxy groups -OCH3 is 1. The molecule has 2 fully saturated rings. The number of hydrogen-bond donors (Lipinski definition) is 2. The quantitative estimate of drug-likeness (QED) is 0.354. The Balaban J connectivity index is 1.46. The van der Waals surface area contributed by atoms with E-state index in [0.29, 0.717) is 18.5 Å². The predicted octanol–water partition coefficient (Wildman–Crippen LogP) is 5.99. The van der Waals surface area contributed by atoms with Gasteiger partial charge in [-0.3, -0.25) is 0 Å². The minimum absolute atomic E-state index is 0.206. The van der Waals surface area contributed by atoms with Gasteiger partial charge in [0, 0.05) is 28.7 Å². The maximum absolute atomic E-state index is 6.51. The van der Waals surface area contributed by atoms with Crippen molar-refractivity contribution in [1.82, 2.24) is 15.3 Å². The van der Waals surface area contributed by atoms with Gasteiger partial charge in [-0.05, 0) is 79.6 Å². The Morgan fingerprint density at radius 1 is 1.06 bits per heavy atom. The highest BCUT2D eigenvalue weighted by atomic mass is 79.9. The van der Waals surface area contributed by atoms with Gasteiger partial charge < -0.3 is 24.8 Å². The highest BCUT2D eigenvalue weighted by molar-refractivity contribution is 9.10. The average molecular weight is 527 g/mol. The van der Waals surface area contributed by atoms with Gasteiger partial charge in [0.15, 0.2) is 0 Å². The third-order valence-electron chi connectivity index (χ3n) is 6.60. The van der Waals surface area contributed by atoms with Gasteiger partial charge in [-0.25, -0.2) is 9.97 Å². The van der Waals surface area contributed by atoms with Crippen LogP contribution in [0, 0.1) is 0 Å². The van der Waals surface area contributed by atoms with Crippen LogP contribution < -0.4 is 24.8 Å². The largest absolute Gasteiger partial charge is 0.497 e. The molecule has 0 radical (unpaired) electrons. The maximum Gasteiger partial charge on any atom is 0.145 e. The lowest BCUT2D eigenvalue weighted by Crippen LogP contribution is -2.23. The average Bonchev–Trinajstić information content (AvgIpc) is 3.55. The van der Waals surface area contributed by atoms with Gasteiger partial charge in [0.1, 0.15) is 29.4 Å². The number of aromatic nitrogens is 2. The zero-order chi connectivity index (χ0) is 23.3. The molecule has 2 aliphatic rings. The van der Waals surface area contributed by atoms with E-state index in [-0.39, 0.29) is 6.10 Å². The van der Waals surface area contributed by atoms with Crippen LogP contribution in [-0.4, -0.2) is 42.4 Å². The molecule has 2 N–H and O–H groups in total. The first-order valence-electron chi connectivity index (χ1n) is 12.1. The fourth-order valence-electron chi connectivity index (χ4n) is 4.76. The summed E-state index contributed by atoms with van der Waals surface area (Å²) in [6.07, 6.45) is 9.78. The number of halogens is 1. The first-order chi connectivity index (χ1) is 16.7. The number of hydrogen-bond acceptors (Lipinski definition) is 7. The zero-order valence-corrected chi connectivity index (χ0v) is 21.1. The molecule has 0 spiro atoms. The molecule has 1 atom stereocenters. The predicted molar refractivity (Wildman–Crippen MR) is 138 cm³/mol. The van der Waals surface area contributed by atoms with Crippen molar-refractivity contribution in [2.45, 2.75) is 57.1 Å². The molecule has 5 rings (SSSR count). The first kappa shape index (κ1) is 23.2. The molecule has 1 saturated carbocycles. The van der Waals surface area contributed by atoms with Gasteiger partial charge >= 0.3 is 0 Å². The normalized spacial score (nSPS) is 18.4. The van der Waals surface area contributed by atoms with E-state index in [1.54, 1.807) is 13.4 Å². The number of benzene rings is 2. The second-order valence-corrected chi connectivity index (χ2v) is 9.82. The van der Waals surface area contributed by atoms with Crippen molar-refractivity contribution in [3.63, 3.8) is 0 Å². The molecule has 1 aromatic heterocycles. The Hall–Kier alpha value is -2.58. The Kier molecular flexibility index (Phi) is 7.35. The Morgan fingerprint density at radius 3 is 2.74 bits per heavy atom. The van der Waals surface area contributed by atoms with Gasteiger partial charge in [-0.1, -0.05) is 0 Å². The number of nitrogens with one attached hydrogen (secondary N) is 2. The van der Waals surface area contributed by atoms with Crippen LogP contribution in [0.15, 0.2) is 41.1 Å². The molecule has 3 aromatic rings. The summed E-state index contributed by atoms with van der Waals surface area (Å²) in [5.74, 6) is 3.00. The highest BCUT2D eigenvalue weighted by Crippen LogP contribution is 2.39. The fraction of sp³-hybridized carbons (Fsp3) is 0.462. The molecule has 7 nitrogen and oxygen atoms in total. The van der Waals surface area contributed by atoms with Crippen molar-refractivity contribution in [3.05, 3.63) is 41.1 Å². The van der Waals surface area contributed by atoms with Crippen molar-refractivity contribution in [3.8, 4) is 17.2 Å². The number of ether oxygens (including phenoxy) is 3. The third-order valence-corrected chi connectivity index (χ3v) is 7.29. The van der Waals surface area contributed by atoms with Crippen molar-refractivity contribution in [2.75, 3.05) is 25.6 Å². The van der Waals surface area contributed by atoms with Crippen LogP contribution in [0.1, 0.15) is 44.9 Å². The summed E-state index contributed by atoms with van der Waals surface area (Å²) in [6.45, 7) is 1.77. The smallest absolute Gasteiger partial charge is 0.145 e. The van der Waals surface area contributed by atoms with Crippen LogP contribution in [0.5, 0.6) is 17.2 Å². The summed E-state index contributed by atoms with van der Waals surface area (Å²) in [5.41, 5.74) is 1.65. The summed E-state index contributed by atoms with van der Waals surface area (Å²) in [7, 11) is 1.66. The monoisotopic (exact) mass is 526 g/mol. The summed E-state index contributed by atoms with van der Waals surface area (Å²) in [5, 5.41) is 7.83. The topological polar surface area (TPSA) is 77.5 Å². The Labute approximate surface area is 208 Å². The van der Waals surface area contributed by atoms with Crippen molar-refractivity contribution < 1.29 is 14.2 Å². The summed E-state index contributed by atoms with van der Waals surface area (Å²) < 4.78 is 19.0. The van der Waals surface area contributed by atoms with E-state index in [1.807, 2.05) is 30.3 Å². The molecule has 0 amide bonds. The second-order valence-electron chi connectivity index (χ2n) is 8.96. The second kappa shape index (κ2) is 10.8. The standard InChI is InChI=1S/C26H31BrN4O3/c1-32-19-8-9-21(27)22(13-19)31-26-25-23(29-16-30-26)14-20(33-12-10-17-5-4-11-28-17)15-24(25)34-18-6-2-3-7-18/h8-9,13-18,28H,2-7,10-12H2,1H3,(H,29,30,31). The molecular weight excluding hydrogens is 496 g/mol. The molecule has 2 aromatic carbocycles. The number of fused-ring (bicyclic) bond motifs is 1. The van der Waals surface area contributed by atoms with Crippen LogP contribution in [0.25, 0.3) is 10.9 Å². The molecule has 1 aliphatic heterocycles. The molecule has 1 unspecified atom stereocenters. The van der Waals surface area contributed by atoms with Gasteiger partial charge in [0.2, 0.25) is 0 Å². The lowest BCUT2D eigenvalue weighted by molar-refractivity contribution is 0.211. The Morgan fingerprint density at radius 2 is 1.94 bits per heavy atom. The number of nitrogens with zero attached hydrogens (tertiary/aromatic N) is 2. The third kappa shape index (κ3) is 5.39. The lowest BCUT2D eigenvalue weighted by Gasteiger charge is -2.19. The van der Waals surface area contributed by atoms with E-state index in [0.717, 1.165) is 64.1 Å². The van der Waals surface area contributed by atoms with Crippen molar-refractivity contribution in [2.24, 2.45) is 0 Å². The SMILES string of the molecule is COc1ccc(Br)c(Nc2ncnc3cc(OCCC4CCCN4)cc(OC4CCCC4)c23)c1. The number of anilines is 2. The molecule has 1 aliphatic carbocycles. The van der Waals surface area contributed by atoms with E-state index in [9.17, 15) is 0 Å². The van der Waals surface area contributed by atoms with Crippen molar-refractivity contribution >= 4 is 38.3 Å². The van der Waals surface area contributed by atoms with E-state index >= 15 is 0 Å². The van der Waals surface area contributed by atoms with Crippen LogP contribution in [-0.2, 0) is 0 Å². The first-order valence-corrected chi connectivity index (χ1v) is 12.9. The van der Waals surface area contributed by atoms with Crippen LogP contribution in [0.4, 0.5) is 11.5 Å². The number of rotatable bonds is 9. The van der Waals surface area contributed by atoms with Gasteiger partial charge in [-0.2, -0.15) is 0 Å². The van der Waals surface area contributed by atoms with E-state index in [1.165, 1.54) is 25.7 Å². The van der Waals surface area contributed by atoms with Gasteiger partial charge in [0.05, 0.1) is 36.4 Å². The maximum atomic E-state index is 6.51. The summed E-state index contributed by atoms with van der Waals surface area (Å²) in [6, 6.07) is 10.3. The van der Waals surface area contributed by atoms with Gasteiger partial charge in [0.25, 0.3) is 0 Å². The van der Waals surface area contributed by atoms with Crippen molar-refractivity contribution in [1.29, 1.82) is 0 Å². The fourth-order valence-corrected chi connectivity index (χ4v) is 5.11. The molecule has 1 saturated heterocycles. The Bertz CT molecular complexity index is 1130. The molecule has 2 heterocycles. The molecular formula is C26H31BrN4O3. The lowest BCUT2D eigenvalue weighted by atomic mass is 10.1. The van der Waals surface area contributed by atoms with E-state index in [4.69, 9.17) is 14.2 Å². The van der Waals surface area contributed by atoms with E-state index < -0.39 is 0 Å². The molecule has 0 bridgehead atoms. The van der Waals surface area contributed by atoms with Crippen LogP contribution in [0.3, 0.4) is 0 Å². The van der Waals surface area contributed by atoms with Crippen LogP contribution in [0.2, 0.25) is 0 Å². The van der Waals surface area contributed by atoms with Crippen LogP contribution >= 0.6 is 15.9 Å².